The molecule has 1 aromatic carbocycles. The second-order valence-corrected chi connectivity index (χ2v) is 4.83. The molecule has 0 atom stereocenters. The molecule has 1 aliphatic heterocycles. The van der Waals surface area contributed by atoms with Crippen LogP contribution in [0.25, 0.3) is 11.1 Å². The second-order valence-electron chi connectivity index (χ2n) is 4.83. The molecule has 0 saturated carbocycles. The zero-order valence-corrected chi connectivity index (χ0v) is 11.0. The predicted molar refractivity (Wildman–Crippen MR) is 75.2 cm³/mol. The lowest BCUT2D eigenvalue weighted by Crippen LogP contribution is -2.28. The van der Waals surface area contributed by atoms with Crippen molar-refractivity contribution in [1.29, 1.82) is 0 Å². The minimum Gasteiger partial charge on any atom is -0.331 e. The molecule has 0 aliphatic carbocycles. The first-order chi connectivity index (χ1) is 9.74. The third kappa shape index (κ3) is 2.45. The van der Waals surface area contributed by atoms with Crippen LogP contribution >= 0.6 is 0 Å². The maximum Gasteiger partial charge on any atom is 0.254 e. The molecule has 1 fully saturated rings. The first kappa shape index (κ1) is 12.5. The zero-order chi connectivity index (χ0) is 13.9. The maximum absolute atomic E-state index is 12.2. The molecular weight excluding hydrogens is 252 g/mol. The van der Waals surface area contributed by atoms with Crippen LogP contribution in [0.15, 0.2) is 48.8 Å². The highest BCUT2D eigenvalue weighted by Crippen LogP contribution is 2.20. The molecule has 0 bridgehead atoms. The molecule has 2 aromatic rings. The summed E-state index contributed by atoms with van der Waals surface area (Å²) >= 11 is 0. The number of Topliss-reactive ketones (excluding diaryl/α,β-unsaturated/α-hetero) is 1. The monoisotopic (exact) mass is 266 g/mol. The fourth-order valence-electron chi connectivity index (χ4n) is 2.34. The SMILES string of the molecule is O=C1CCN(C(=O)c2ccc(-c3ccncc3)cc2)C1. The Kier molecular flexibility index (Phi) is 3.29. The van der Waals surface area contributed by atoms with Crippen LogP contribution in [0.3, 0.4) is 0 Å². The van der Waals surface area contributed by atoms with Crippen LogP contribution in [0.1, 0.15) is 16.8 Å². The van der Waals surface area contributed by atoms with Gasteiger partial charge in [0, 0.05) is 30.9 Å². The molecule has 4 nitrogen and oxygen atoms in total. The largest absolute Gasteiger partial charge is 0.331 e. The van der Waals surface area contributed by atoms with E-state index in [2.05, 4.69) is 4.98 Å². The van der Waals surface area contributed by atoms with Crippen LogP contribution in [0.2, 0.25) is 0 Å². The van der Waals surface area contributed by atoms with Gasteiger partial charge in [-0.1, -0.05) is 12.1 Å². The summed E-state index contributed by atoms with van der Waals surface area (Å²) in [5.74, 6) is 0.0592. The van der Waals surface area contributed by atoms with Gasteiger partial charge in [0.2, 0.25) is 0 Å². The minimum absolute atomic E-state index is 0.0721. The molecule has 0 N–H and O–H groups in total. The molecule has 0 spiro atoms. The molecule has 3 rings (SSSR count). The van der Waals surface area contributed by atoms with Gasteiger partial charge in [0.15, 0.2) is 5.78 Å². The van der Waals surface area contributed by atoms with E-state index in [1.54, 1.807) is 29.4 Å². The van der Waals surface area contributed by atoms with Gasteiger partial charge >= 0.3 is 0 Å². The van der Waals surface area contributed by atoms with E-state index < -0.39 is 0 Å². The Labute approximate surface area is 117 Å². The van der Waals surface area contributed by atoms with Crippen molar-refractivity contribution >= 4 is 11.7 Å². The highest BCUT2D eigenvalue weighted by atomic mass is 16.2. The molecule has 4 heteroatoms. The number of likely N-dealkylation sites (tertiary alicyclic amines) is 1. The molecule has 0 unspecified atom stereocenters. The van der Waals surface area contributed by atoms with E-state index in [0.717, 1.165) is 11.1 Å². The first-order valence-corrected chi connectivity index (χ1v) is 6.55. The molecule has 2 heterocycles. The van der Waals surface area contributed by atoms with Gasteiger partial charge in [-0.3, -0.25) is 14.6 Å². The molecule has 100 valence electrons. The number of pyridine rings is 1. The number of rotatable bonds is 2. The van der Waals surface area contributed by atoms with Crippen LogP contribution in [-0.4, -0.2) is 34.7 Å². The molecule has 1 saturated heterocycles. The van der Waals surface area contributed by atoms with E-state index in [1.807, 2.05) is 24.3 Å². The maximum atomic E-state index is 12.2. The van der Waals surface area contributed by atoms with Crippen molar-refractivity contribution in [2.75, 3.05) is 13.1 Å². The average molecular weight is 266 g/mol. The van der Waals surface area contributed by atoms with Crippen LogP contribution in [0.5, 0.6) is 0 Å². The molecule has 0 radical (unpaired) electrons. The molecule has 1 amide bonds. The van der Waals surface area contributed by atoms with E-state index in [1.165, 1.54) is 0 Å². The number of aromatic nitrogens is 1. The van der Waals surface area contributed by atoms with Gasteiger partial charge in [0.1, 0.15) is 0 Å². The summed E-state index contributed by atoms with van der Waals surface area (Å²) < 4.78 is 0. The Morgan fingerprint density at radius 3 is 2.25 bits per heavy atom. The summed E-state index contributed by atoms with van der Waals surface area (Å²) in [7, 11) is 0. The van der Waals surface area contributed by atoms with E-state index in [4.69, 9.17) is 0 Å². The summed E-state index contributed by atoms with van der Waals surface area (Å²) in [5.41, 5.74) is 2.73. The van der Waals surface area contributed by atoms with E-state index in [9.17, 15) is 9.59 Å². The fourth-order valence-corrected chi connectivity index (χ4v) is 2.34. The zero-order valence-electron chi connectivity index (χ0n) is 11.0. The highest BCUT2D eigenvalue weighted by Gasteiger charge is 2.24. The number of amides is 1. The fraction of sp³-hybridized carbons (Fsp3) is 0.188. The van der Waals surface area contributed by atoms with Crippen molar-refractivity contribution < 1.29 is 9.59 Å². The Hall–Kier alpha value is -2.49. The minimum atomic E-state index is -0.0721. The molecule has 20 heavy (non-hydrogen) atoms. The van der Waals surface area contributed by atoms with E-state index in [-0.39, 0.29) is 18.2 Å². The highest BCUT2D eigenvalue weighted by molar-refractivity contribution is 5.98. The van der Waals surface area contributed by atoms with Gasteiger partial charge in [0.25, 0.3) is 5.91 Å². The van der Waals surface area contributed by atoms with Crippen molar-refractivity contribution in [3.8, 4) is 11.1 Å². The van der Waals surface area contributed by atoms with Gasteiger partial charge in [-0.15, -0.1) is 0 Å². The van der Waals surface area contributed by atoms with Crippen molar-refractivity contribution in [2.24, 2.45) is 0 Å². The Morgan fingerprint density at radius 2 is 1.65 bits per heavy atom. The normalized spacial score (nSPS) is 14.6. The lowest BCUT2D eigenvalue weighted by Gasteiger charge is -2.14. The molecule has 1 aromatic heterocycles. The van der Waals surface area contributed by atoms with Gasteiger partial charge in [-0.05, 0) is 35.4 Å². The number of nitrogens with zero attached hydrogens (tertiary/aromatic N) is 2. The summed E-state index contributed by atoms with van der Waals surface area (Å²) in [4.78, 5) is 29.0. The van der Waals surface area contributed by atoms with Crippen LogP contribution in [0, 0.1) is 0 Å². The first-order valence-electron chi connectivity index (χ1n) is 6.55. The van der Waals surface area contributed by atoms with Crippen molar-refractivity contribution in [1.82, 2.24) is 9.88 Å². The number of carbonyl (C=O) groups excluding carboxylic acids is 2. The van der Waals surface area contributed by atoms with Gasteiger partial charge in [-0.25, -0.2) is 0 Å². The van der Waals surface area contributed by atoms with E-state index in [0.29, 0.717) is 18.5 Å². The van der Waals surface area contributed by atoms with Crippen LogP contribution in [0.4, 0.5) is 0 Å². The number of ketones is 1. The Balaban J connectivity index is 1.79. The summed E-state index contributed by atoms with van der Waals surface area (Å²) in [5, 5.41) is 0. The van der Waals surface area contributed by atoms with Gasteiger partial charge in [-0.2, -0.15) is 0 Å². The van der Waals surface area contributed by atoms with Gasteiger partial charge < -0.3 is 4.90 Å². The number of hydrogen-bond donors (Lipinski definition) is 0. The van der Waals surface area contributed by atoms with Crippen molar-refractivity contribution in [3.05, 3.63) is 54.4 Å². The smallest absolute Gasteiger partial charge is 0.254 e. The van der Waals surface area contributed by atoms with Crippen molar-refractivity contribution in [3.63, 3.8) is 0 Å². The summed E-state index contributed by atoms with van der Waals surface area (Å²) in [6.45, 7) is 0.773. The summed E-state index contributed by atoms with van der Waals surface area (Å²) in [6, 6.07) is 11.3. The standard InChI is InChI=1S/C16H14N2O2/c19-15-7-10-18(11-15)16(20)14-3-1-12(2-4-14)13-5-8-17-9-6-13/h1-6,8-9H,7,10-11H2. The Morgan fingerprint density at radius 1 is 1.00 bits per heavy atom. The van der Waals surface area contributed by atoms with E-state index >= 15 is 0 Å². The lowest BCUT2D eigenvalue weighted by atomic mass is 10.0. The van der Waals surface area contributed by atoms with Crippen LogP contribution < -0.4 is 0 Å². The second kappa shape index (κ2) is 5.25. The number of benzene rings is 1. The average Bonchev–Trinajstić information content (AvgIpc) is 2.94. The predicted octanol–water partition coefficient (Wildman–Crippen LogP) is 2.16. The topological polar surface area (TPSA) is 50.3 Å². The third-order valence-corrected chi connectivity index (χ3v) is 3.46. The lowest BCUT2D eigenvalue weighted by molar-refractivity contribution is -0.116. The van der Waals surface area contributed by atoms with Gasteiger partial charge in [0.05, 0.1) is 6.54 Å². The van der Waals surface area contributed by atoms with Crippen LogP contribution in [-0.2, 0) is 4.79 Å². The quantitative estimate of drug-likeness (QED) is 0.837. The number of carbonyl (C=O) groups is 2. The Bertz CT molecular complexity index is 635. The molecule has 1 aliphatic rings. The third-order valence-electron chi connectivity index (χ3n) is 3.46. The summed E-state index contributed by atoms with van der Waals surface area (Å²) in [6.07, 6.45) is 3.95. The molecular formula is C16H14N2O2. The van der Waals surface area contributed by atoms with Crippen molar-refractivity contribution in [2.45, 2.75) is 6.42 Å². The number of hydrogen-bond acceptors (Lipinski definition) is 3.